The average molecular weight is 514 g/mol. The van der Waals surface area contributed by atoms with Crippen LogP contribution in [-0.2, 0) is 19.1 Å². The first-order chi connectivity index (χ1) is 17.5. The topological polar surface area (TPSA) is 102 Å². The van der Waals surface area contributed by atoms with Gasteiger partial charge in [0.05, 0.1) is 12.5 Å². The lowest BCUT2D eigenvalue weighted by Crippen LogP contribution is -2.45. The smallest absolute Gasteiger partial charge is 0.249 e. The second-order valence-electron chi connectivity index (χ2n) is 12.1. The van der Waals surface area contributed by atoms with E-state index in [0.717, 1.165) is 44.5 Å². The second-order valence-corrected chi connectivity index (χ2v) is 12.1. The SMILES string of the molecule is CCCN1CCC(c2ccc(C(N)=O)c([C@H](CC(C)(C)C)C(=O)N3C[C@H](OC)[C@H]4OCC(=O)[C@H]43)c2)CC1. The largest absolute Gasteiger partial charge is 0.377 e. The summed E-state index contributed by atoms with van der Waals surface area (Å²) in [6.07, 6.45) is 2.95. The number of piperidine rings is 1. The van der Waals surface area contributed by atoms with Gasteiger partial charge in [-0.2, -0.15) is 0 Å². The van der Waals surface area contributed by atoms with Crippen molar-refractivity contribution in [2.45, 2.75) is 83.5 Å². The van der Waals surface area contributed by atoms with Crippen molar-refractivity contribution < 1.29 is 23.9 Å². The maximum atomic E-state index is 14.3. The Balaban J connectivity index is 1.70. The summed E-state index contributed by atoms with van der Waals surface area (Å²) in [5.41, 5.74) is 7.83. The van der Waals surface area contributed by atoms with E-state index >= 15 is 0 Å². The van der Waals surface area contributed by atoms with Crippen LogP contribution in [0.3, 0.4) is 0 Å². The van der Waals surface area contributed by atoms with Gasteiger partial charge in [-0.05, 0) is 73.8 Å². The number of nitrogens with two attached hydrogens (primary N) is 1. The van der Waals surface area contributed by atoms with Gasteiger partial charge in [-0.15, -0.1) is 0 Å². The van der Waals surface area contributed by atoms with Gasteiger partial charge in [-0.1, -0.05) is 39.8 Å². The number of fused-ring (bicyclic) bond motifs is 1. The minimum atomic E-state index is -0.650. The molecule has 0 radical (unpaired) electrons. The number of ketones is 1. The maximum absolute atomic E-state index is 14.3. The summed E-state index contributed by atoms with van der Waals surface area (Å²) in [5, 5.41) is 0. The van der Waals surface area contributed by atoms with E-state index in [-0.39, 0.29) is 29.8 Å². The number of likely N-dealkylation sites (tertiary alicyclic amines) is 2. The molecule has 0 bridgehead atoms. The zero-order chi connectivity index (χ0) is 26.9. The van der Waals surface area contributed by atoms with Crippen molar-refractivity contribution in [1.29, 1.82) is 0 Å². The van der Waals surface area contributed by atoms with Crippen molar-refractivity contribution in [3.8, 4) is 0 Å². The molecule has 0 aromatic heterocycles. The van der Waals surface area contributed by atoms with Crippen molar-refractivity contribution in [2.75, 3.05) is 39.9 Å². The Hall–Kier alpha value is -2.29. The molecule has 3 fully saturated rings. The van der Waals surface area contributed by atoms with Gasteiger partial charge in [-0.25, -0.2) is 0 Å². The molecule has 204 valence electrons. The molecule has 3 heterocycles. The summed E-state index contributed by atoms with van der Waals surface area (Å²) in [4.78, 5) is 43.7. The Kier molecular flexibility index (Phi) is 8.41. The lowest BCUT2D eigenvalue weighted by Gasteiger charge is -2.34. The quantitative estimate of drug-likeness (QED) is 0.573. The molecule has 2 amide bonds. The van der Waals surface area contributed by atoms with Gasteiger partial charge in [0, 0.05) is 12.7 Å². The zero-order valence-corrected chi connectivity index (χ0v) is 23.0. The van der Waals surface area contributed by atoms with Gasteiger partial charge in [0.15, 0.2) is 5.78 Å². The van der Waals surface area contributed by atoms with E-state index in [0.29, 0.717) is 30.0 Å². The number of carbonyl (C=O) groups excluding carboxylic acids is 3. The molecule has 3 aliphatic rings. The Labute approximate surface area is 220 Å². The lowest BCUT2D eigenvalue weighted by molar-refractivity contribution is -0.138. The van der Waals surface area contributed by atoms with E-state index < -0.39 is 24.0 Å². The molecule has 4 atom stereocenters. The van der Waals surface area contributed by atoms with E-state index in [1.165, 1.54) is 0 Å². The fraction of sp³-hybridized carbons (Fsp3) is 0.690. The first-order valence-electron chi connectivity index (χ1n) is 13.7. The average Bonchev–Trinajstić information content (AvgIpc) is 3.42. The molecule has 0 spiro atoms. The third-order valence-corrected chi connectivity index (χ3v) is 8.15. The van der Waals surface area contributed by atoms with Crippen LogP contribution >= 0.6 is 0 Å². The highest BCUT2D eigenvalue weighted by Crippen LogP contribution is 2.40. The van der Waals surface area contributed by atoms with Gasteiger partial charge in [-0.3, -0.25) is 14.4 Å². The van der Waals surface area contributed by atoms with Gasteiger partial charge < -0.3 is 25.0 Å². The molecule has 8 nitrogen and oxygen atoms in total. The van der Waals surface area contributed by atoms with Gasteiger partial charge in [0.2, 0.25) is 11.8 Å². The minimum absolute atomic E-state index is 0.0122. The summed E-state index contributed by atoms with van der Waals surface area (Å²) >= 11 is 0. The number of amides is 2. The number of ether oxygens (including phenoxy) is 2. The van der Waals surface area contributed by atoms with Crippen LogP contribution in [0.4, 0.5) is 0 Å². The molecular weight excluding hydrogens is 470 g/mol. The molecule has 0 saturated carbocycles. The molecule has 2 N–H and O–H groups in total. The summed E-state index contributed by atoms with van der Waals surface area (Å²) < 4.78 is 11.3. The van der Waals surface area contributed by atoms with Crippen molar-refractivity contribution in [3.05, 3.63) is 34.9 Å². The number of carbonyl (C=O) groups is 3. The fourth-order valence-electron chi connectivity index (χ4n) is 6.34. The molecule has 3 aliphatic heterocycles. The Bertz CT molecular complexity index is 1010. The highest BCUT2D eigenvalue weighted by Gasteiger charge is 2.53. The number of Topliss-reactive ketones (excluding diaryl/α,β-unsaturated/α-hetero) is 1. The monoisotopic (exact) mass is 513 g/mol. The van der Waals surface area contributed by atoms with E-state index in [1.807, 2.05) is 12.1 Å². The van der Waals surface area contributed by atoms with Crippen molar-refractivity contribution in [3.63, 3.8) is 0 Å². The van der Waals surface area contributed by atoms with Crippen LogP contribution in [0, 0.1) is 5.41 Å². The van der Waals surface area contributed by atoms with Crippen molar-refractivity contribution in [1.82, 2.24) is 9.80 Å². The van der Waals surface area contributed by atoms with Gasteiger partial charge in [0.25, 0.3) is 0 Å². The maximum Gasteiger partial charge on any atom is 0.249 e. The summed E-state index contributed by atoms with van der Waals surface area (Å²) in [6.45, 7) is 11.9. The highest BCUT2D eigenvalue weighted by atomic mass is 16.5. The molecule has 8 heteroatoms. The number of primary amides is 1. The molecule has 0 aliphatic carbocycles. The number of rotatable bonds is 8. The van der Waals surface area contributed by atoms with Crippen LogP contribution in [0.5, 0.6) is 0 Å². The van der Waals surface area contributed by atoms with Crippen LogP contribution in [0.25, 0.3) is 0 Å². The Morgan fingerprint density at radius 1 is 1.22 bits per heavy atom. The van der Waals surface area contributed by atoms with E-state index in [9.17, 15) is 14.4 Å². The normalized spacial score (nSPS) is 25.9. The van der Waals surface area contributed by atoms with E-state index in [4.69, 9.17) is 15.2 Å². The first-order valence-corrected chi connectivity index (χ1v) is 13.7. The number of hydrogen-bond acceptors (Lipinski definition) is 6. The minimum Gasteiger partial charge on any atom is -0.377 e. The molecule has 3 saturated heterocycles. The third kappa shape index (κ3) is 5.91. The summed E-state index contributed by atoms with van der Waals surface area (Å²) in [5.74, 6) is -1.04. The summed E-state index contributed by atoms with van der Waals surface area (Å²) in [7, 11) is 1.58. The van der Waals surface area contributed by atoms with Crippen molar-refractivity contribution >= 4 is 17.6 Å². The van der Waals surface area contributed by atoms with Gasteiger partial charge >= 0.3 is 0 Å². The van der Waals surface area contributed by atoms with E-state index in [2.05, 4.69) is 32.6 Å². The van der Waals surface area contributed by atoms with Crippen LogP contribution in [0.1, 0.15) is 86.7 Å². The van der Waals surface area contributed by atoms with Gasteiger partial charge in [0.1, 0.15) is 24.9 Å². The predicted octanol–water partition coefficient (Wildman–Crippen LogP) is 3.09. The second kappa shape index (κ2) is 11.2. The molecule has 1 aromatic rings. The number of nitrogens with zero attached hydrogens (tertiary/aromatic N) is 2. The van der Waals surface area contributed by atoms with Crippen LogP contribution in [-0.4, -0.2) is 85.5 Å². The van der Waals surface area contributed by atoms with Crippen molar-refractivity contribution in [2.24, 2.45) is 11.1 Å². The highest BCUT2D eigenvalue weighted by molar-refractivity contribution is 5.99. The Morgan fingerprint density at radius 3 is 2.51 bits per heavy atom. The standard InChI is InChI=1S/C29H43N3O5/c1-6-11-31-12-9-18(10-13-31)19-7-8-20(27(30)34)21(14-19)22(15-29(2,3)4)28(35)32-16-24(36-5)26-25(32)23(33)17-37-26/h7-8,14,18,22,24-26H,6,9-13,15-17H2,1-5H3,(H2,30,34)/t22-,24-,25+,26+/m0/s1. The predicted molar refractivity (Wildman–Crippen MR) is 142 cm³/mol. The number of benzene rings is 1. The zero-order valence-electron chi connectivity index (χ0n) is 23.0. The lowest BCUT2D eigenvalue weighted by atomic mass is 9.77. The van der Waals surface area contributed by atoms with Crippen LogP contribution in [0.2, 0.25) is 0 Å². The molecule has 4 rings (SSSR count). The molecule has 37 heavy (non-hydrogen) atoms. The van der Waals surface area contributed by atoms with Crippen LogP contribution in [0.15, 0.2) is 18.2 Å². The van der Waals surface area contributed by atoms with E-state index in [1.54, 1.807) is 18.1 Å². The fourth-order valence-corrected chi connectivity index (χ4v) is 6.34. The molecule has 0 unspecified atom stereocenters. The summed E-state index contributed by atoms with van der Waals surface area (Å²) in [6, 6.07) is 5.19. The first kappa shape index (κ1) is 27.7. The third-order valence-electron chi connectivity index (χ3n) is 8.15. The van der Waals surface area contributed by atoms with Crippen LogP contribution < -0.4 is 5.73 Å². The molecular formula is C29H43N3O5. The number of methoxy groups -OCH3 is 1. The molecule has 1 aromatic carbocycles. The Morgan fingerprint density at radius 2 is 1.92 bits per heavy atom. The number of hydrogen-bond donors (Lipinski definition) is 1.